The van der Waals surface area contributed by atoms with Crippen LogP contribution >= 0.6 is 12.4 Å². The largest absolute Gasteiger partial charge is 0.366 e. The molecular weight excluding hydrogens is 280 g/mol. The van der Waals surface area contributed by atoms with Gasteiger partial charge < -0.3 is 15.6 Å². The first-order chi connectivity index (χ1) is 9.10. The smallest absolute Gasteiger partial charge is 0.257 e. The highest BCUT2D eigenvalue weighted by Gasteiger charge is 2.12. The molecule has 1 aromatic carbocycles. The van der Waals surface area contributed by atoms with Crippen LogP contribution in [-0.4, -0.2) is 29.1 Å². The van der Waals surface area contributed by atoms with Gasteiger partial charge in [0.25, 0.3) is 5.89 Å². The van der Waals surface area contributed by atoms with Crippen molar-refractivity contribution in [2.75, 3.05) is 7.05 Å². The van der Waals surface area contributed by atoms with E-state index in [2.05, 4.69) is 15.5 Å². The van der Waals surface area contributed by atoms with Crippen molar-refractivity contribution in [1.29, 1.82) is 0 Å². The molecule has 1 heterocycles. The van der Waals surface area contributed by atoms with Crippen LogP contribution in [-0.2, 0) is 6.42 Å². The van der Waals surface area contributed by atoms with Crippen molar-refractivity contribution in [3.63, 3.8) is 0 Å². The van der Waals surface area contributed by atoms with Crippen molar-refractivity contribution in [2.45, 2.75) is 19.4 Å². The third kappa shape index (κ3) is 3.79. The lowest BCUT2D eigenvalue weighted by Crippen LogP contribution is -2.24. The van der Waals surface area contributed by atoms with Crippen molar-refractivity contribution in [2.24, 2.45) is 5.73 Å². The van der Waals surface area contributed by atoms with E-state index in [1.54, 1.807) is 24.3 Å². The standard InChI is InChI=1S/C13H16N4O2.ClH/c1-8(15-2)6-11-16-13(19-17-11)10-5-3-4-9(7-10)12(14)18;/h3-5,7-8,15H,6H2,1-2H3,(H2,14,18);1H. The van der Waals surface area contributed by atoms with Crippen molar-refractivity contribution >= 4 is 18.3 Å². The van der Waals surface area contributed by atoms with E-state index in [9.17, 15) is 4.79 Å². The molecule has 1 amide bonds. The molecule has 0 saturated carbocycles. The maximum absolute atomic E-state index is 11.1. The third-order valence-corrected chi connectivity index (χ3v) is 2.84. The van der Waals surface area contributed by atoms with Crippen LogP contribution in [0.2, 0.25) is 0 Å². The van der Waals surface area contributed by atoms with E-state index in [0.717, 1.165) is 0 Å². The summed E-state index contributed by atoms with van der Waals surface area (Å²) in [6.07, 6.45) is 0.676. The molecule has 0 spiro atoms. The highest BCUT2D eigenvalue weighted by atomic mass is 35.5. The number of amides is 1. The monoisotopic (exact) mass is 296 g/mol. The minimum Gasteiger partial charge on any atom is -0.366 e. The van der Waals surface area contributed by atoms with Gasteiger partial charge in [-0.3, -0.25) is 4.79 Å². The zero-order valence-corrected chi connectivity index (χ0v) is 12.1. The first-order valence-corrected chi connectivity index (χ1v) is 6.00. The van der Waals surface area contributed by atoms with E-state index in [-0.39, 0.29) is 18.4 Å². The Labute approximate surface area is 123 Å². The lowest BCUT2D eigenvalue weighted by atomic mass is 10.1. The Morgan fingerprint density at radius 1 is 1.50 bits per heavy atom. The van der Waals surface area contributed by atoms with Crippen molar-refractivity contribution in [3.8, 4) is 11.5 Å². The summed E-state index contributed by atoms with van der Waals surface area (Å²) >= 11 is 0. The van der Waals surface area contributed by atoms with Crippen LogP contribution in [0.4, 0.5) is 0 Å². The first kappa shape index (κ1) is 16.1. The second-order valence-electron chi connectivity index (χ2n) is 4.35. The van der Waals surface area contributed by atoms with Crippen LogP contribution in [0.1, 0.15) is 23.1 Å². The number of primary amides is 1. The summed E-state index contributed by atoms with van der Waals surface area (Å²) in [5.41, 5.74) is 6.34. The molecule has 0 saturated heterocycles. The fraction of sp³-hybridized carbons (Fsp3) is 0.308. The number of hydrogen-bond donors (Lipinski definition) is 2. The SMILES string of the molecule is CNC(C)Cc1noc(-c2cccc(C(N)=O)c2)n1.Cl. The summed E-state index contributed by atoms with van der Waals surface area (Å²) in [6.45, 7) is 2.03. The van der Waals surface area contributed by atoms with Crippen LogP contribution in [0.3, 0.4) is 0 Å². The number of aromatic nitrogens is 2. The van der Waals surface area contributed by atoms with E-state index < -0.39 is 5.91 Å². The molecule has 3 N–H and O–H groups in total. The van der Waals surface area contributed by atoms with Crippen molar-refractivity contribution in [3.05, 3.63) is 35.7 Å². The number of halogens is 1. The Bertz CT molecular complexity index is 585. The number of benzene rings is 1. The molecule has 108 valence electrons. The lowest BCUT2D eigenvalue weighted by Gasteiger charge is -2.04. The van der Waals surface area contributed by atoms with Crippen molar-refractivity contribution < 1.29 is 9.32 Å². The van der Waals surface area contributed by atoms with Crippen molar-refractivity contribution in [1.82, 2.24) is 15.5 Å². The summed E-state index contributed by atoms with van der Waals surface area (Å²) in [5, 5.41) is 7.02. The van der Waals surface area contributed by atoms with E-state index in [1.807, 2.05) is 14.0 Å². The van der Waals surface area contributed by atoms with E-state index >= 15 is 0 Å². The number of nitrogens with one attached hydrogen (secondary N) is 1. The molecule has 0 aliphatic heterocycles. The topological polar surface area (TPSA) is 94.0 Å². The van der Waals surface area contributed by atoms with Crippen LogP contribution < -0.4 is 11.1 Å². The van der Waals surface area contributed by atoms with E-state index in [0.29, 0.717) is 29.3 Å². The van der Waals surface area contributed by atoms with Gasteiger partial charge in [0.2, 0.25) is 5.91 Å². The molecular formula is C13H17ClN4O2. The summed E-state index contributed by atoms with van der Waals surface area (Å²) in [7, 11) is 1.88. The minimum atomic E-state index is -0.481. The predicted octanol–water partition coefficient (Wildman–Crippen LogP) is 1.41. The van der Waals surface area contributed by atoms with Gasteiger partial charge in [-0.05, 0) is 32.2 Å². The lowest BCUT2D eigenvalue weighted by molar-refractivity contribution is 0.100. The van der Waals surface area contributed by atoms with Gasteiger partial charge in [0.15, 0.2) is 5.82 Å². The zero-order valence-electron chi connectivity index (χ0n) is 11.3. The minimum absolute atomic E-state index is 0. The number of nitrogens with two attached hydrogens (primary N) is 1. The Morgan fingerprint density at radius 2 is 2.25 bits per heavy atom. The average molecular weight is 297 g/mol. The molecule has 1 aromatic heterocycles. The number of carbonyl (C=O) groups excluding carboxylic acids is 1. The maximum atomic E-state index is 11.1. The van der Waals surface area contributed by atoms with Crippen LogP contribution in [0.15, 0.2) is 28.8 Å². The molecule has 0 fully saturated rings. The molecule has 0 radical (unpaired) electrons. The fourth-order valence-corrected chi connectivity index (χ4v) is 1.64. The number of hydrogen-bond acceptors (Lipinski definition) is 5. The normalized spacial score (nSPS) is 11.7. The summed E-state index contributed by atoms with van der Waals surface area (Å²) in [5.74, 6) is 0.535. The van der Waals surface area contributed by atoms with Crippen LogP contribution in [0.5, 0.6) is 0 Å². The third-order valence-electron chi connectivity index (χ3n) is 2.84. The van der Waals surface area contributed by atoms with Gasteiger partial charge in [-0.2, -0.15) is 4.98 Å². The van der Waals surface area contributed by atoms with Gasteiger partial charge in [-0.15, -0.1) is 12.4 Å². The molecule has 0 bridgehead atoms. The Hall–Kier alpha value is -1.92. The average Bonchev–Trinajstić information content (AvgIpc) is 2.87. The van der Waals surface area contributed by atoms with Gasteiger partial charge in [-0.25, -0.2) is 0 Å². The molecule has 2 aromatic rings. The number of likely N-dealkylation sites (N-methyl/N-ethyl adjacent to an activating group) is 1. The molecule has 2 rings (SSSR count). The first-order valence-electron chi connectivity index (χ1n) is 6.00. The second-order valence-corrected chi connectivity index (χ2v) is 4.35. The van der Waals surface area contributed by atoms with Crippen LogP contribution in [0, 0.1) is 0 Å². The highest BCUT2D eigenvalue weighted by Crippen LogP contribution is 2.18. The Morgan fingerprint density at radius 3 is 2.90 bits per heavy atom. The predicted molar refractivity (Wildman–Crippen MR) is 77.7 cm³/mol. The number of nitrogens with zero attached hydrogens (tertiary/aromatic N) is 2. The molecule has 6 nitrogen and oxygen atoms in total. The molecule has 20 heavy (non-hydrogen) atoms. The summed E-state index contributed by atoms with van der Waals surface area (Å²) in [4.78, 5) is 15.4. The number of rotatable bonds is 5. The Kier molecular flexibility index (Phi) is 5.66. The second kappa shape index (κ2) is 7.02. The van der Waals surface area contributed by atoms with Gasteiger partial charge in [0, 0.05) is 23.6 Å². The van der Waals surface area contributed by atoms with E-state index in [1.165, 1.54) is 0 Å². The Balaban J connectivity index is 0.00000200. The molecule has 1 unspecified atom stereocenters. The summed E-state index contributed by atoms with van der Waals surface area (Å²) < 4.78 is 5.19. The van der Waals surface area contributed by atoms with Gasteiger partial charge in [0.1, 0.15) is 0 Å². The highest BCUT2D eigenvalue weighted by molar-refractivity contribution is 5.93. The fourth-order valence-electron chi connectivity index (χ4n) is 1.64. The molecule has 0 aliphatic carbocycles. The quantitative estimate of drug-likeness (QED) is 0.870. The molecule has 0 aliphatic rings. The van der Waals surface area contributed by atoms with Crippen LogP contribution in [0.25, 0.3) is 11.5 Å². The molecule has 1 atom stereocenters. The number of carbonyl (C=O) groups is 1. The van der Waals surface area contributed by atoms with Gasteiger partial charge >= 0.3 is 0 Å². The maximum Gasteiger partial charge on any atom is 0.257 e. The van der Waals surface area contributed by atoms with E-state index in [4.69, 9.17) is 10.3 Å². The zero-order chi connectivity index (χ0) is 13.8. The molecule has 7 heteroatoms. The van der Waals surface area contributed by atoms with Gasteiger partial charge in [-0.1, -0.05) is 11.2 Å². The van der Waals surface area contributed by atoms with Gasteiger partial charge in [0.05, 0.1) is 0 Å². The summed E-state index contributed by atoms with van der Waals surface area (Å²) in [6, 6.07) is 7.08.